The van der Waals surface area contributed by atoms with Crippen molar-refractivity contribution in [2.24, 2.45) is 41.4 Å². The number of allylic oxidation sites excluding steroid dienone is 2. The summed E-state index contributed by atoms with van der Waals surface area (Å²) in [7, 11) is 0. The van der Waals surface area contributed by atoms with Crippen molar-refractivity contribution in [2.45, 2.75) is 119 Å². The molecule has 3 fully saturated rings. The minimum Gasteiger partial charge on any atom is -0.326 e. The zero-order valence-electron chi connectivity index (χ0n) is 27.0. The van der Waals surface area contributed by atoms with Crippen LogP contribution in [0.25, 0.3) is 0 Å². The lowest BCUT2D eigenvalue weighted by Gasteiger charge is -2.30. The smallest absolute Gasteiger partial charge is 0.227 e. The van der Waals surface area contributed by atoms with Gasteiger partial charge in [0.15, 0.2) is 0 Å². The molecule has 0 aliphatic heterocycles. The lowest BCUT2D eigenvalue weighted by molar-refractivity contribution is -0.121. The average Bonchev–Trinajstić information content (AvgIpc) is 2.97. The fraction of sp³-hybridized carbons (Fsp3) is 0.694. The van der Waals surface area contributed by atoms with Gasteiger partial charge in [-0.1, -0.05) is 38.8 Å². The van der Waals surface area contributed by atoms with E-state index in [-0.39, 0.29) is 35.5 Å². The van der Waals surface area contributed by atoms with Gasteiger partial charge in [0.2, 0.25) is 17.7 Å². The molecule has 0 saturated heterocycles. The van der Waals surface area contributed by atoms with Crippen molar-refractivity contribution < 1.29 is 14.4 Å². The van der Waals surface area contributed by atoms with Gasteiger partial charge in [0.1, 0.15) is 0 Å². The van der Waals surface area contributed by atoms with Crippen LogP contribution in [0.15, 0.2) is 29.3 Å². The van der Waals surface area contributed by atoms with E-state index in [4.69, 9.17) is 0 Å². The molecular weight excluding hydrogens is 522 g/mol. The van der Waals surface area contributed by atoms with Crippen LogP contribution in [0.1, 0.15) is 119 Å². The predicted molar refractivity (Wildman–Crippen MR) is 173 cm³/mol. The van der Waals surface area contributed by atoms with Gasteiger partial charge in [0.05, 0.1) is 0 Å². The van der Waals surface area contributed by atoms with Crippen molar-refractivity contribution >= 4 is 34.8 Å². The number of rotatable bonds is 8. The molecule has 232 valence electrons. The van der Waals surface area contributed by atoms with Gasteiger partial charge in [-0.3, -0.25) is 14.4 Å². The van der Waals surface area contributed by atoms with Gasteiger partial charge in [-0.25, -0.2) is 0 Å². The highest BCUT2D eigenvalue weighted by atomic mass is 16.2. The van der Waals surface area contributed by atoms with Crippen LogP contribution in [0.3, 0.4) is 0 Å². The fourth-order valence-electron chi connectivity index (χ4n) is 7.40. The molecule has 0 heterocycles. The molecule has 4 rings (SSSR count). The van der Waals surface area contributed by atoms with Crippen LogP contribution in [-0.4, -0.2) is 17.7 Å². The van der Waals surface area contributed by atoms with E-state index in [2.05, 4.69) is 57.5 Å². The Bertz CT molecular complexity index is 1060. The Kier molecular flexibility index (Phi) is 11.3. The molecule has 1 aromatic rings. The monoisotopic (exact) mass is 577 g/mol. The molecule has 3 amide bonds. The number of hydrogen-bond donors (Lipinski definition) is 3. The highest BCUT2D eigenvalue weighted by Gasteiger charge is 2.30. The summed E-state index contributed by atoms with van der Waals surface area (Å²) in [5.41, 5.74) is 4.70. The predicted octanol–water partition coefficient (Wildman–Crippen LogP) is 8.95. The number of carbonyl (C=O) groups excluding carboxylic acids is 3. The second-order valence-corrected chi connectivity index (χ2v) is 14.4. The summed E-state index contributed by atoms with van der Waals surface area (Å²) in [6, 6.07) is 5.51. The first-order valence-corrected chi connectivity index (χ1v) is 16.7. The summed E-state index contributed by atoms with van der Waals surface area (Å²) >= 11 is 0. The molecular formula is C36H55N3O3. The molecule has 0 unspecified atom stereocenters. The van der Waals surface area contributed by atoms with Crippen LogP contribution in [0.2, 0.25) is 0 Å². The van der Waals surface area contributed by atoms with E-state index in [1.54, 1.807) is 0 Å². The van der Waals surface area contributed by atoms with Gasteiger partial charge in [-0.05, 0) is 133 Å². The first-order valence-electron chi connectivity index (χ1n) is 16.7. The van der Waals surface area contributed by atoms with E-state index in [1.807, 2.05) is 18.2 Å². The summed E-state index contributed by atoms with van der Waals surface area (Å²) in [5, 5.41) is 9.38. The van der Waals surface area contributed by atoms with Gasteiger partial charge >= 0.3 is 0 Å². The lowest BCUT2D eigenvalue weighted by Crippen LogP contribution is -2.29. The van der Waals surface area contributed by atoms with Crippen LogP contribution in [0, 0.1) is 41.4 Å². The normalized spacial score (nSPS) is 26.6. The van der Waals surface area contributed by atoms with Crippen LogP contribution in [0.4, 0.5) is 17.1 Å². The summed E-state index contributed by atoms with van der Waals surface area (Å²) in [5.74, 6) is 2.74. The zero-order chi connectivity index (χ0) is 30.4. The van der Waals surface area contributed by atoms with E-state index in [0.29, 0.717) is 40.7 Å². The standard InChI is InChI=1S/C36H55N3O3/c1-22(2)25-7-13-28(14-8-25)34(40)37-31-19-32(38-35(41)29-15-9-26(10-16-29)23(3)4)21-33(20-31)39-36(42)30-17-11-27(12-18-30)24(5)6/h19-23,25-26,28-30H,7-18H2,1-6H3,(H,37,40)(H,38,41)(H,39,42)/t25-,26-,28+,29+. The number of nitrogens with one attached hydrogen (secondary N) is 3. The number of hydrogen-bond acceptors (Lipinski definition) is 3. The van der Waals surface area contributed by atoms with Crippen LogP contribution >= 0.6 is 0 Å². The average molecular weight is 578 g/mol. The number of amides is 3. The van der Waals surface area contributed by atoms with E-state index in [9.17, 15) is 14.4 Å². The highest BCUT2D eigenvalue weighted by molar-refractivity contribution is 5.99. The maximum atomic E-state index is 13.3. The lowest BCUT2D eigenvalue weighted by atomic mass is 9.76. The fourth-order valence-corrected chi connectivity index (χ4v) is 7.40. The Morgan fingerprint density at radius 1 is 0.548 bits per heavy atom. The Labute approximate surface area is 254 Å². The molecule has 1 aromatic carbocycles. The third-order valence-corrected chi connectivity index (χ3v) is 10.6. The zero-order valence-corrected chi connectivity index (χ0v) is 27.0. The van der Waals surface area contributed by atoms with Gasteiger partial charge in [0, 0.05) is 34.8 Å². The topological polar surface area (TPSA) is 87.3 Å². The van der Waals surface area contributed by atoms with Crippen molar-refractivity contribution in [3.8, 4) is 0 Å². The van der Waals surface area contributed by atoms with E-state index < -0.39 is 0 Å². The number of benzene rings is 1. The van der Waals surface area contributed by atoms with Gasteiger partial charge < -0.3 is 16.0 Å². The molecule has 3 saturated carbocycles. The Morgan fingerprint density at radius 2 is 0.857 bits per heavy atom. The quantitative estimate of drug-likeness (QED) is 0.270. The summed E-state index contributed by atoms with van der Waals surface area (Å²) in [6.07, 6.45) is 11.6. The van der Waals surface area contributed by atoms with Crippen molar-refractivity contribution in [1.29, 1.82) is 0 Å². The first-order chi connectivity index (χ1) is 20.0. The molecule has 3 aliphatic carbocycles. The Balaban J connectivity index is 1.45. The largest absolute Gasteiger partial charge is 0.326 e. The molecule has 0 radical (unpaired) electrons. The third kappa shape index (κ3) is 8.70. The van der Waals surface area contributed by atoms with Crippen molar-refractivity contribution in [3.05, 3.63) is 29.3 Å². The van der Waals surface area contributed by atoms with Crippen molar-refractivity contribution in [1.82, 2.24) is 0 Å². The van der Waals surface area contributed by atoms with E-state index in [0.717, 1.165) is 77.0 Å². The van der Waals surface area contributed by atoms with Gasteiger partial charge in [-0.2, -0.15) is 0 Å². The molecule has 0 spiro atoms. The third-order valence-electron chi connectivity index (χ3n) is 10.6. The molecule has 0 aromatic heterocycles. The minimum atomic E-state index is -0.0309. The van der Waals surface area contributed by atoms with Crippen LogP contribution < -0.4 is 16.0 Å². The Morgan fingerprint density at radius 3 is 1.14 bits per heavy atom. The van der Waals surface area contributed by atoms with Crippen LogP contribution in [-0.2, 0) is 14.4 Å². The second kappa shape index (κ2) is 14.7. The molecule has 0 atom stereocenters. The maximum Gasteiger partial charge on any atom is 0.227 e. The van der Waals surface area contributed by atoms with Gasteiger partial charge in [-0.15, -0.1) is 0 Å². The maximum absolute atomic E-state index is 13.3. The number of anilines is 3. The van der Waals surface area contributed by atoms with E-state index >= 15 is 0 Å². The molecule has 3 N–H and O–H groups in total. The molecule has 3 aliphatic rings. The summed E-state index contributed by atoms with van der Waals surface area (Å²) in [6.45, 7) is 13.4. The van der Waals surface area contributed by atoms with Crippen molar-refractivity contribution in [3.63, 3.8) is 0 Å². The summed E-state index contributed by atoms with van der Waals surface area (Å²) in [4.78, 5) is 39.8. The minimum absolute atomic E-state index is 0.000980. The summed E-state index contributed by atoms with van der Waals surface area (Å²) < 4.78 is 0. The van der Waals surface area contributed by atoms with Gasteiger partial charge in [0.25, 0.3) is 0 Å². The molecule has 42 heavy (non-hydrogen) atoms. The second-order valence-electron chi connectivity index (χ2n) is 14.4. The van der Waals surface area contributed by atoms with Crippen LogP contribution in [0.5, 0.6) is 0 Å². The first kappa shape index (κ1) is 32.3. The van der Waals surface area contributed by atoms with Crippen molar-refractivity contribution in [2.75, 3.05) is 16.0 Å². The highest BCUT2D eigenvalue weighted by Crippen LogP contribution is 2.36. The molecule has 6 heteroatoms. The van der Waals surface area contributed by atoms with E-state index in [1.165, 1.54) is 11.1 Å². The Hall–Kier alpha value is -2.63. The number of carbonyl (C=O) groups is 3. The molecule has 0 bridgehead atoms. The molecule has 6 nitrogen and oxygen atoms in total. The SMILES string of the molecule is CC(C)=C1CCC(C(=O)Nc2cc(NC(=O)[C@H]3CC[C@@H](C(C)C)CC3)cc(NC(=O)[C@H]3CC[C@@H](C(C)C)CC3)c2)CC1.